The highest BCUT2D eigenvalue weighted by molar-refractivity contribution is 7.91. The van der Waals surface area contributed by atoms with E-state index in [0.717, 1.165) is 17.7 Å². The molecule has 1 unspecified atom stereocenters. The van der Waals surface area contributed by atoms with Crippen LogP contribution < -0.4 is 4.90 Å². The van der Waals surface area contributed by atoms with E-state index >= 15 is 0 Å². The van der Waals surface area contributed by atoms with Gasteiger partial charge in [-0.15, -0.1) is 0 Å². The second kappa shape index (κ2) is 4.34. The van der Waals surface area contributed by atoms with Gasteiger partial charge in [0, 0.05) is 12.2 Å². The summed E-state index contributed by atoms with van der Waals surface area (Å²) in [6.45, 7) is 2.67. The summed E-state index contributed by atoms with van der Waals surface area (Å²) < 4.78 is 23.0. The van der Waals surface area contributed by atoms with Gasteiger partial charge < -0.3 is 4.90 Å². The molecule has 2 heterocycles. The predicted octanol–water partition coefficient (Wildman–Crippen LogP) is 1.32. The van der Waals surface area contributed by atoms with Crippen molar-refractivity contribution in [2.45, 2.75) is 19.8 Å². The van der Waals surface area contributed by atoms with E-state index in [9.17, 15) is 13.2 Å². The third-order valence-corrected chi connectivity index (χ3v) is 5.81. The Morgan fingerprint density at radius 3 is 2.84 bits per heavy atom. The fraction of sp³-hybridized carbons (Fsp3) is 0.500. The number of aryl methyl sites for hydroxylation is 1. The van der Waals surface area contributed by atoms with Gasteiger partial charge in [-0.3, -0.25) is 4.79 Å². The van der Waals surface area contributed by atoms with Crippen molar-refractivity contribution in [3.05, 3.63) is 29.3 Å². The van der Waals surface area contributed by atoms with Crippen molar-refractivity contribution in [2.24, 2.45) is 5.92 Å². The summed E-state index contributed by atoms with van der Waals surface area (Å²) in [5.41, 5.74) is 3.27. The molecule has 19 heavy (non-hydrogen) atoms. The minimum Gasteiger partial charge on any atom is -0.311 e. The van der Waals surface area contributed by atoms with Crippen LogP contribution in [-0.4, -0.2) is 32.4 Å². The Kier molecular flexibility index (Phi) is 2.89. The molecule has 2 aliphatic heterocycles. The third kappa shape index (κ3) is 2.16. The summed E-state index contributed by atoms with van der Waals surface area (Å²) in [4.78, 5) is 14.3. The van der Waals surface area contributed by atoms with Gasteiger partial charge in [0.25, 0.3) is 0 Å². The Morgan fingerprint density at radius 2 is 2.16 bits per heavy atom. The maximum absolute atomic E-state index is 12.5. The Bertz CT molecular complexity index is 636. The lowest BCUT2D eigenvalue weighted by molar-refractivity contribution is -0.121. The van der Waals surface area contributed by atoms with E-state index in [-0.39, 0.29) is 23.3 Å². The van der Waals surface area contributed by atoms with Gasteiger partial charge in [0.2, 0.25) is 5.91 Å². The Hall–Kier alpha value is -1.36. The zero-order valence-electron chi connectivity index (χ0n) is 10.9. The maximum atomic E-state index is 12.5. The number of benzene rings is 1. The number of nitrogens with zero attached hydrogens (tertiary/aromatic N) is 1. The number of rotatable bonds is 1. The summed E-state index contributed by atoms with van der Waals surface area (Å²) in [6, 6.07) is 6.04. The number of carbonyl (C=O) groups excluding carboxylic acids is 1. The first-order chi connectivity index (χ1) is 8.98. The Morgan fingerprint density at radius 1 is 1.37 bits per heavy atom. The van der Waals surface area contributed by atoms with E-state index in [1.807, 2.05) is 25.1 Å². The highest BCUT2D eigenvalue weighted by atomic mass is 32.2. The van der Waals surface area contributed by atoms with Gasteiger partial charge in [0.15, 0.2) is 9.84 Å². The molecule has 102 valence electrons. The third-order valence-electron chi connectivity index (χ3n) is 4.04. The highest BCUT2D eigenvalue weighted by Crippen LogP contribution is 2.33. The molecule has 0 aliphatic carbocycles. The van der Waals surface area contributed by atoms with E-state index in [1.54, 1.807) is 4.90 Å². The molecule has 0 radical (unpaired) electrons. The summed E-state index contributed by atoms with van der Waals surface area (Å²) >= 11 is 0. The number of anilines is 1. The van der Waals surface area contributed by atoms with Gasteiger partial charge in [0.05, 0.1) is 17.4 Å². The van der Waals surface area contributed by atoms with E-state index in [4.69, 9.17) is 0 Å². The number of hydrogen-bond donors (Lipinski definition) is 0. The SMILES string of the molecule is Cc1cccc2c1N(C(=O)C1CCS(=O)(=O)C1)CC2. The zero-order chi connectivity index (χ0) is 13.6. The first-order valence-corrected chi connectivity index (χ1v) is 8.40. The average molecular weight is 279 g/mol. The molecular formula is C14H17NO3S. The van der Waals surface area contributed by atoms with Crippen molar-refractivity contribution in [3.63, 3.8) is 0 Å². The molecule has 0 bridgehead atoms. The maximum Gasteiger partial charge on any atom is 0.231 e. The molecule has 1 atom stereocenters. The van der Waals surface area contributed by atoms with E-state index in [0.29, 0.717) is 13.0 Å². The summed E-state index contributed by atoms with van der Waals surface area (Å²) in [5, 5.41) is 0. The largest absolute Gasteiger partial charge is 0.311 e. The molecule has 1 saturated heterocycles. The topological polar surface area (TPSA) is 54.5 Å². The molecular weight excluding hydrogens is 262 g/mol. The average Bonchev–Trinajstić information content (AvgIpc) is 2.92. The van der Waals surface area contributed by atoms with Crippen LogP contribution in [0, 0.1) is 12.8 Å². The van der Waals surface area contributed by atoms with Crippen LogP contribution in [0.15, 0.2) is 18.2 Å². The van der Waals surface area contributed by atoms with Gasteiger partial charge in [-0.1, -0.05) is 18.2 Å². The molecule has 5 heteroatoms. The fourth-order valence-corrected chi connectivity index (χ4v) is 4.81. The normalized spacial score (nSPS) is 24.5. The van der Waals surface area contributed by atoms with Crippen LogP contribution in [0.2, 0.25) is 0 Å². The van der Waals surface area contributed by atoms with Gasteiger partial charge in [-0.05, 0) is 30.9 Å². The number of para-hydroxylation sites is 1. The second-order valence-corrected chi connectivity index (χ2v) is 7.65. The lowest BCUT2D eigenvalue weighted by atomic mass is 10.1. The van der Waals surface area contributed by atoms with Crippen molar-refractivity contribution >= 4 is 21.4 Å². The van der Waals surface area contributed by atoms with Crippen molar-refractivity contribution in [2.75, 3.05) is 23.0 Å². The van der Waals surface area contributed by atoms with E-state index < -0.39 is 9.84 Å². The molecule has 2 aliphatic rings. The summed E-state index contributed by atoms with van der Waals surface area (Å²) in [6.07, 6.45) is 1.33. The first-order valence-electron chi connectivity index (χ1n) is 6.58. The molecule has 0 N–H and O–H groups in total. The quantitative estimate of drug-likeness (QED) is 0.779. The zero-order valence-corrected chi connectivity index (χ0v) is 11.7. The number of sulfone groups is 1. The number of fused-ring (bicyclic) bond motifs is 1. The minimum atomic E-state index is -3.01. The number of carbonyl (C=O) groups is 1. The van der Waals surface area contributed by atoms with Gasteiger partial charge in [-0.2, -0.15) is 0 Å². The fourth-order valence-electron chi connectivity index (χ4n) is 3.08. The molecule has 1 amide bonds. The van der Waals surface area contributed by atoms with Crippen molar-refractivity contribution < 1.29 is 13.2 Å². The summed E-state index contributed by atoms with van der Waals surface area (Å²) in [5.74, 6) is -0.203. The molecule has 0 spiro atoms. The van der Waals surface area contributed by atoms with Crippen molar-refractivity contribution in [1.29, 1.82) is 0 Å². The molecule has 3 rings (SSSR count). The van der Waals surface area contributed by atoms with Crippen LogP contribution in [0.3, 0.4) is 0 Å². The Labute approximate surface area is 113 Å². The minimum absolute atomic E-state index is 0.0174. The molecule has 0 aromatic heterocycles. The van der Waals surface area contributed by atoms with Crippen LogP contribution >= 0.6 is 0 Å². The van der Waals surface area contributed by atoms with Crippen molar-refractivity contribution in [3.8, 4) is 0 Å². The number of hydrogen-bond acceptors (Lipinski definition) is 3. The van der Waals surface area contributed by atoms with Crippen LogP contribution in [0.25, 0.3) is 0 Å². The molecule has 0 saturated carbocycles. The predicted molar refractivity (Wildman–Crippen MR) is 74.0 cm³/mol. The van der Waals surface area contributed by atoms with E-state index in [1.165, 1.54) is 5.56 Å². The smallest absolute Gasteiger partial charge is 0.231 e. The summed E-state index contributed by atoms with van der Waals surface area (Å²) in [7, 11) is -3.01. The molecule has 1 fully saturated rings. The molecule has 1 aromatic rings. The van der Waals surface area contributed by atoms with Crippen molar-refractivity contribution in [1.82, 2.24) is 0 Å². The monoisotopic (exact) mass is 279 g/mol. The van der Waals surface area contributed by atoms with Gasteiger partial charge in [0.1, 0.15) is 0 Å². The van der Waals surface area contributed by atoms with Gasteiger partial charge >= 0.3 is 0 Å². The lowest BCUT2D eigenvalue weighted by Crippen LogP contribution is -2.35. The molecule has 1 aromatic carbocycles. The van der Waals surface area contributed by atoms with Crippen LogP contribution in [-0.2, 0) is 21.1 Å². The second-order valence-electron chi connectivity index (χ2n) is 5.42. The molecule has 4 nitrogen and oxygen atoms in total. The first kappa shape index (κ1) is 12.7. The Balaban J connectivity index is 1.88. The standard InChI is InChI=1S/C14H17NO3S/c1-10-3-2-4-11-5-7-15(13(10)11)14(16)12-6-8-19(17,18)9-12/h2-4,12H,5-9H2,1H3. The van der Waals surface area contributed by atoms with E-state index in [2.05, 4.69) is 0 Å². The number of amides is 1. The van der Waals surface area contributed by atoms with Crippen LogP contribution in [0.5, 0.6) is 0 Å². The lowest BCUT2D eigenvalue weighted by Gasteiger charge is -2.22. The van der Waals surface area contributed by atoms with Crippen LogP contribution in [0.1, 0.15) is 17.5 Å². The highest BCUT2D eigenvalue weighted by Gasteiger charge is 2.37. The van der Waals surface area contributed by atoms with Crippen LogP contribution in [0.4, 0.5) is 5.69 Å². The van der Waals surface area contributed by atoms with Gasteiger partial charge in [-0.25, -0.2) is 8.42 Å².